The van der Waals surface area contributed by atoms with Gasteiger partial charge in [0.05, 0.1) is 0 Å². The molecule has 0 saturated heterocycles. The minimum absolute atomic E-state index is 0. The van der Waals surface area contributed by atoms with Gasteiger partial charge in [-0.1, -0.05) is 6.08 Å². The molecule has 0 aliphatic rings. The Kier molecular flexibility index (Phi) is 5.22. The van der Waals surface area contributed by atoms with Crippen LogP contribution in [0.3, 0.4) is 0 Å². The molecule has 4 radical (unpaired) electrons. The van der Waals surface area contributed by atoms with E-state index in [0.29, 0.717) is 0 Å². The molecule has 0 bridgehead atoms. The fraction of sp³-hybridized carbons (Fsp3) is 0.167. The Morgan fingerprint density at radius 3 is 1.60 bits per heavy atom. The molecule has 0 aromatic carbocycles. The van der Waals surface area contributed by atoms with Crippen LogP contribution in [0.2, 0.25) is 0 Å². The zero-order valence-electron chi connectivity index (χ0n) is 5.07. The van der Waals surface area contributed by atoms with Gasteiger partial charge in [0.15, 0.2) is 5.92 Å². The van der Waals surface area contributed by atoms with Crippen molar-refractivity contribution in [3.05, 3.63) is 20.1 Å². The summed E-state index contributed by atoms with van der Waals surface area (Å²) in [5, 5.41) is 16.2. The third kappa shape index (κ3) is 2.86. The Labute approximate surface area is 58.8 Å². The summed E-state index contributed by atoms with van der Waals surface area (Å²) in [5.74, 6) is -4.26. The SMILES string of the molecule is C=CC(C(=O)O)C(=O)O.[C]. The second-order valence-corrected chi connectivity index (χ2v) is 1.39. The van der Waals surface area contributed by atoms with Gasteiger partial charge in [0.25, 0.3) is 0 Å². The van der Waals surface area contributed by atoms with Gasteiger partial charge in [0, 0.05) is 7.43 Å². The summed E-state index contributed by atoms with van der Waals surface area (Å²) < 4.78 is 0. The normalized spacial score (nSPS) is 8.10. The van der Waals surface area contributed by atoms with Crippen molar-refractivity contribution in [3.63, 3.8) is 0 Å². The van der Waals surface area contributed by atoms with Crippen molar-refractivity contribution in [1.82, 2.24) is 0 Å². The summed E-state index contributed by atoms with van der Waals surface area (Å²) in [6.45, 7) is 3.04. The molecule has 0 amide bonds. The molecule has 10 heavy (non-hydrogen) atoms. The van der Waals surface area contributed by atoms with Crippen molar-refractivity contribution < 1.29 is 19.8 Å². The van der Waals surface area contributed by atoms with E-state index in [1.807, 2.05) is 0 Å². The summed E-state index contributed by atoms with van der Waals surface area (Å²) in [7, 11) is 0. The van der Waals surface area contributed by atoms with Crippen LogP contribution in [0.25, 0.3) is 0 Å². The summed E-state index contributed by atoms with van der Waals surface area (Å²) in [5.41, 5.74) is 0. The van der Waals surface area contributed by atoms with Gasteiger partial charge >= 0.3 is 11.9 Å². The molecule has 0 aliphatic heterocycles. The summed E-state index contributed by atoms with van der Waals surface area (Å²) in [6, 6.07) is 0. The maximum atomic E-state index is 9.92. The highest BCUT2D eigenvalue weighted by molar-refractivity contribution is 5.94. The minimum Gasteiger partial charge on any atom is -0.480 e. The van der Waals surface area contributed by atoms with Crippen molar-refractivity contribution in [1.29, 1.82) is 0 Å². The first kappa shape index (κ1) is 11.5. The van der Waals surface area contributed by atoms with E-state index >= 15 is 0 Å². The number of carboxylic acid groups (broad SMARTS) is 2. The molecule has 0 saturated carbocycles. The molecular weight excluding hydrogens is 136 g/mol. The van der Waals surface area contributed by atoms with Gasteiger partial charge in [0.1, 0.15) is 0 Å². The van der Waals surface area contributed by atoms with Crippen LogP contribution < -0.4 is 0 Å². The molecule has 0 heterocycles. The van der Waals surface area contributed by atoms with Crippen LogP contribution in [0.1, 0.15) is 0 Å². The van der Waals surface area contributed by atoms with Gasteiger partial charge in [-0.2, -0.15) is 0 Å². The van der Waals surface area contributed by atoms with Crippen LogP contribution in [0.4, 0.5) is 0 Å². The first-order valence-corrected chi connectivity index (χ1v) is 2.17. The molecule has 54 valence electrons. The number of carboxylic acids is 2. The van der Waals surface area contributed by atoms with Crippen LogP contribution in [-0.4, -0.2) is 22.2 Å². The average Bonchev–Trinajstić information content (AvgIpc) is 1.64. The molecule has 0 unspecified atom stereocenters. The highest BCUT2D eigenvalue weighted by Crippen LogP contribution is 1.96. The third-order valence-corrected chi connectivity index (χ3v) is 0.768. The van der Waals surface area contributed by atoms with Crippen LogP contribution in [0, 0.1) is 13.3 Å². The van der Waals surface area contributed by atoms with Crippen LogP contribution >= 0.6 is 0 Å². The number of hydrogen-bond acceptors (Lipinski definition) is 2. The lowest BCUT2D eigenvalue weighted by atomic mass is 10.1. The van der Waals surface area contributed by atoms with E-state index in [9.17, 15) is 9.59 Å². The zero-order chi connectivity index (χ0) is 7.44. The predicted octanol–water partition coefficient (Wildman–Crippen LogP) is 0.0391. The van der Waals surface area contributed by atoms with Crippen molar-refractivity contribution in [2.24, 2.45) is 5.92 Å². The topological polar surface area (TPSA) is 74.6 Å². The third-order valence-electron chi connectivity index (χ3n) is 0.768. The monoisotopic (exact) mass is 142 g/mol. The maximum Gasteiger partial charge on any atom is 0.321 e. The van der Waals surface area contributed by atoms with Gasteiger partial charge in [-0.25, -0.2) is 0 Å². The Balaban J connectivity index is 0. The lowest BCUT2D eigenvalue weighted by Gasteiger charge is -1.96. The molecule has 0 rings (SSSR count). The molecule has 0 aromatic heterocycles. The molecule has 0 atom stereocenters. The maximum absolute atomic E-state index is 9.92. The molecule has 4 nitrogen and oxygen atoms in total. The lowest BCUT2D eigenvalue weighted by Crippen LogP contribution is -2.20. The lowest BCUT2D eigenvalue weighted by molar-refractivity contribution is -0.151. The summed E-state index contributed by atoms with van der Waals surface area (Å²) in [6.07, 6.45) is 0.866. The number of carbonyl (C=O) groups is 2. The molecule has 2 N–H and O–H groups in total. The van der Waals surface area contributed by atoms with E-state index in [4.69, 9.17) is 10.2 Å². The minimum atomic E-state index is -1.48. The Morgan fingerprint density at radius 2 is 1.60 bits per heavy atom. The molecule has 4 heteroatoms. The fourth-order valence-electron chi connectivity index (χ4n) is 0.307. The van der Waals surface area contributed by atoms with Gasteiger partial charge in [0.2, 0.25) is 0 Å². The molecule has 0 spiro atoms. The van der Waals surface area contributed by atoms with E-state index in [1.54, 1.807) is 0 Å². The average molecular weight is 142 g/mol. The van der Waals surface area contributed by atoms with Crippen molar-refractivity contribution >= 4 is 11.9 Å². The smallest absolute Gasteiger partial charge is 0.321 e. The molecule has 0 aromatic rings. The number of hydrogen-bond donors (Lipinski definition) is 2. The van der Waals surface area contributed by atoms with E-state index in [-0.39, 0.29) is 7.43 Å². The number of aliphatic carboxylic acids is 2. The molecule has 0 aliphatic carbocycles. The van der Waals surface area contributed by atoms with Crippen molar-refractivity contribution in [2.75, 3.05) is 0 Å². The summed E-state index contributed by atoms with van der Waals surface area (Å²) >= 11 is 0. The Bertz CT molecular complexity index is 136. The van der Waals surface area contributed by atoms with E-state index in [2.05, 4.69) is 6.58 Å². The second-order valence-electron chi connectivity index (χ2n) is 1.39. The zero-order valence-corrected chi connectivity index (χ0v) is 5.07. The van der Waals surface area contributed by atoms with Gasteiger partial charge in [-0.05, 0) is 0 Å². The standard InChI is InChI=1S/C5H6O4.C/c1-2-3(4(6)7)5(8)9;/h2-3H,1H2,(H,6,7)(H,8,9);. The second kappa shape index (κ2) is 4.55. The van der Waals surface area contributed by atoms with E-state index in [0.717, 1.165) is 6.08 Å². The molecular formula is C6H6O4. The van der Waals surface area contributed by atoms with Crippen LogP contribution in [-0.2, 0) is 9.59 Å². The van der Waals surface area contributed by atoms with Gasteiger partial charge in [-0.15, -0.1) is 6.58 Å². The summed E-state index contributed by atoms with van der Waals surface area (Å²) in [4.78, 5) is 19.8. The van der Waals surface area contributed by atoms with E-state index in [1.165, 1.54) is 0 Å². The first-order valence-electron chi connectivity index (χ1n) is 2.17. The van der Waals surface area contributed by atoms with Crippen LogP contribution in [0.15, 0.2) is 12.7 Å². The highest BCUT2D eigenvalue weighted by Gasteiger charge is 2.20. The quantitative estimate of drug-likeness (QED) is 0.431. The first-order chi connectivity index (χ1) is 4.09. The largest absolute Gasteiger partial charge is 0.480 e. The Hall–Kier alpha value is -1.32. The Morgan fingerprint density at radius 1 is 1.30 bits per heavy atom. The van der Waals surface area contributed by atoms with Gasteiger partial charge < -0.3 is 10.2 Å². The fourth-order valence-corrected chi connectivity index (χ4v) is 0.307. The predicted molar refractivity (Wildman–Crippen MR) is 32.2 cm³/mol. The van der Waals surface area contributed by atoms with Gasteiger partial charge in [-0.3, -0.25) is 9.59 Å². The van der Waals surface area contributed by atoms with Crippen molar-refractivity contribution in [3.8, 4) is 0 Å². The highest BCUT2D eigenvalue weighted by atomic mass is 16.4. The van der Waals surface area contributed by atoms with Crippen LogP contribution in [0.5, 0.6) is 0 Å². The number of rotatable bonds is 3. The van der Waals surface area contributed by atoms with Crippen molar-refractivity contribution in [2.45, 2.75) is 0 Å². The molecule has 0 fully saturated rings. The van der Waals surface area contributed by atoms with E-state index < -0.39 is 17.9 Å².